The van der Waals surface area contributed by atoms with Crippen molar-refractivity contribution in [2.45, 2.75) is 33.2 Å². The molecule has 1 N–H and O–H groups in total. The van der Waals surface area contributed by atoms with E-state index in [0.29, 0.717) is 13.0 Å². The number of benzene rings is 1. The molecule has 0 spiro atoms. The normalized spacial score (nSPS) is 12.2. The number of amides is 1. The van der Waals surface area contributed by atoms with Gasteiger partial charge in [-0.2, -0.15) is 0 Å². The molecule has 0 saturated heterocycles. The van der Waals surface area contributed by atoms with Gasteiger partial charge in [0.1, 0.15) is 5.82 Å². The molecular formula is C15H22BrFN2O. The summed E-state index contributed by atoms with van der Waals surface area (Å²) in [4.78, 5) is 13.7. The van der Waals surface area contributed by atoms with E-state index in [4.69, 9.17) is 0 Å². The highest BCUT2D eigenvalue weighted by atomic mass is 79.9. The van der Waals surface area contributed by atoms with Crippen LogP contribution in [0.15, 0.2) is 22.7 Å². The maximum Gasteiger partial charge on any atom is 0.223 e. The van der Waals surface area contributed by atoms with Crippen molar-refractivity contribution in [2.75, 3.05) is 19.6 Å². The molecule has 5 heteroatoms. The highest BCUT2D eigenvalue weighted by molar-refractivity contribution is 9.10. The van der Waals surface area contributed by atoms with Gasteiger partial charge in [-0.3, -0.25) is 4.79 Å². The molecule has 0 bridgehead atoms. The second kappa shape index (κ2) is 8.37. The Morgan fingerprint density at radius 3 is 2.60 bits per heavy atom. The zero-order valence-corrected chi connectivity index (χ0v) is 13.8. The molecule has 1 amide bonds. The fourth-order valence-corrected chi connectivity index (χ4v) is 2.79. The minimum Gasteiger partial charge on any atom is -0.343 e. The highest BCUT2D eigenvalue weighted by Gasteiger charge is 2.12. The molecule has 3 nitrogen and oxygen atoms in total. The van der Waals surface area contributed by atoms with Gasteiger partial charge >= 0.3 is 0 Å². The van der Waals surface area contributed by atoms with Gasteiger partial charge in [0.15, 0.2) is 0 Å². The average molecular weight is 345 g/mol. The molecule has 1 unspecified atom stereocenters. The van der Waals surface area contributed by atoms with Gasteiger partial charge < -0.3 is 10.2 Å². The maximum atomic E-state index is 13.0. The summed E-state index contributed by atoms with van der Waals surface area (Å²) in [6, 6.07) is 4.71. The van der Waals surface area contributed by atoms with Gasteiger partial charge in [0, 0.05) is 36.6 Å². The quantitative estimate of drug-likeness (QED) is 0.820. The highest BCUT2D eigenvalue weighted by Crippen LogP contribution is 2.24. The van der Waals surface area contributed by atoms with Crippen LogP contribution in [-0.4, -0.2) is 30.4 Å². The molecule has 0 fully saturated rings. The number of hydrogen-bond acceptors (Lipinski definition) is 2. The molecule has 1 rings (SSSR count). The van der Waals surface area contributed by atoms with Crippen LogP contribution in [0.3, 0.4) is 0 Å². The summed E-state index contributed by atoms with van der Waals surface area (Å²) in [6.07, 6.45) is 0.477. The van der Waals surface area contributed by atoms with Crippen LogP contribution in [0.25, 0.3) is 0 Å². The SMILES string of the molecule is CCN(CC)C(=O)CCNC(C)c1ccc(F)cc1Br. The Hall–Kier alpha value is -0.940. The van der Waals surface area contributed by atoms with E-state index in [9.17, 15) is 9.18 Å². The first-order chi connectivity index (χ1) is 9.49. The summed E-state index contributed by atoms with van der Waals surface area (Å²) in [5, 5.41) is 3.29. The predicted molar refractivity (Wildman–Crippen MR) is 83.1 cm³/mol. The van der Waals surface area contributed by atoms with E-state index >= 15 is 0 Å². The largest absolute Gasteiger partial charge is 0.343 e. The lowest BCUT2D eigenvalue weighted by Crippen LogP contribution is -2.33. The minimum absolute atomic E-state index is 0.0643. The Kier molecular flexibility index (Phi) is 7.16. The summed E-state index contributed by atoms with van der Waals surface area (Å²) in [7, 11) is 0. The van der Waals surface area contributed by atoms with Crippen LogP contribution in [0.4, 0.5) is 4.39 Å². The van der Waals surface area contributed by atoms with E-state index in [2.05, 4.69) is 21.2 Å². The smallest absolute Gasteiger partial charge is 0.223 e. The first-order valence-electron chi connectivity index (χ1n) is 6.95. The third-order valence-corrected chi connectivity index (χ3v) is 4.02. The number of rotatable bonds is 7. The molecule has 0 aliphatic carbocycles. The molecule has 112 valence electrons. The zero-order valence-electron chi connectivity index (χ0n) is 12.2. The van der Waals surface area contributed by atoms with Crippen molar-refractivity contribution in [3.63, 3.8) is 0 Å². The van der Waals surface area contributed by atoms with Crippen molar-refractivity contribution in [3.05, 3.63) is 34.1 Å². The maximum absolute atomic E-state index is 13.0. The van der Waals surface area contributed by atoms with Crippen molar-refractivity contribution < 1.29 is 9.18 Å². The molecule has 1 aromatic carbocycles. The van der Waals surface area contributed by atoms with Crippen LogP contribution in [0, 0.1) is 5.82 Å². The molecule has 0 aromatic heterocycles. The first kappa shape index (κ1) is 17.1. The average Bonchev–Trinajstić information content (AvgIpc) is 2.39. The van der Waals surface area contributed by atoms with E-state index in [1.54, 1.807) is 6.07 Å². The minimum atomic E-state index is -0.260. The van der Waals surface area contributed by atoms with E-state index in [-0.39, 0.29) is 17.8 Å². The summed E-state index contributed by atoms with van der Waals surface area (Å²) < 4.78 is 13.8. The number of halogens is 2. The van der Waals surface area contributed by atoms with Gasteiger partial charge in [-0.1, -0.05) is 22.0 Å². The monoisotopic (exact) mass is 344 g/mol. The van der Waals surface area contributed by atoms with Crippen molar-refractivity contribution in [2.24, 2.45) is 0 Å². The molecule has 1 aromatic rings. The van der Waals surface area contributed by atoms with Gasteiger partial charge in [-0.05, 0) is 38.5 Å². The predicted octanol–water partition coefficient (Wildman–Crippen LogP) is 3.50. The van der Waals surface area contributed by atoms with E-state index < -0.39 is 0 Å². The lowest BCUT2D eigenvalue weighted by atomic mass is 10.1. The van der Waals surface area contributed by atoms with Crippen LogP contribution in [-0.2, 0) is 4.79 Å². The second-order valence-electron chi connectivity index (χ2n) is 4.66. The fourth-order valence-electron chi connectivity index (χ4n) is 2.09. The van der Waals surface area contributed by atoms with Gasteiger partial charge in [0.2, 0.25) is 5.91 Å². The first-order valence-corrected chi connectivity index (χ1v) is 7.75. The molecule has 1 atom stereocenters. The van der Waals surface area contributed by atoms with Crippen LogP contribution in [0.2, 0.25) is 0 Å². The standard InChI is InChI=1S/C15H22BrFN2O/c1-4-19(5-2)15(20)8-9-18-11(3)13-7-6-12(17)10-14(13)16/h6-7,10-11,18H,4-5,8-9H2,1-3H3. The third kappa shape index (κ3) is 4.87. The van der Waals surface area contributed by atoms with Crippen molar-refractivity contribution in [1.29, 1.82) is 0 Å². The fraction of sp³-hybridized carbons (Fsp3) is 0.533. The Bertz CT molecular complexity index is 449. The van der Waals surface area contributed by atoms with Crippen LogP contribution in [0.1, 0.15) is 38.8 Å². The van der Waals surface area contributed by atoms with Gasteiger partial charge in [0.05, 0.1) is 0 Å². The Labute approximate surface area is 128 Å². The summed E-state index contributed by atoms with van der Waals surface area (Å²) in [6.45, 7) is 8.06. The molecular weight excluding hydrogens is 323 g/mol. The Morgan fingerprint density at radius 1 is 1.40 bits per heavy atom. The van der Waals surface area contributed by atoms with Crippen molar-refractivity contribution in [1.82, 2.24) is 10.2 Å². The van der Waals surface area contributed by atoms with Gasteiger partial charge in [-0.25, -0.2) is 4.39 Å². The number of carbonyl (C=O) groups is 1. The summed E-state index contributed by atoms with van der Waals surface area (Å²) >= 11 is 3.36. The van der Waals surface area contributed by atoms with Gasteiger partial charge in [-0.15, -0.1) is 0 Å². The van der Waals surface area contributed by atoms with Crippen LogP contribution in [0.5, 0.6) is 0 Å². The number of hydrogen-bond donors (Lipinski definition) is 1. The zero-order chi connectivity index (χ0) is 15.1. The summed E-state index contributed by atoms with van der Waals surface area (Å²) in [5.74, 6) is -0.0996. The number of nitrogens with zero attached hydrogens (tertiary/aromatic N) is 1. The number of nitrogens with one attached hydrogen (secondary N) is 1. The molecule has 20 heavy (non-hydrogen) atoms. The number of carbonyl (C=O) groups excluding carboxylic acids is 1. The molecule has 0 aliphatic heterocycles. The molecule has 0 heterocycles. The Balaban J connectivity index is 2.47. The molecule has 0 aliphatic rings. The lowest BCUT2D eigenvalue weighted by Gasteiger charge is -2.20. The van der Waals surface area contributed by atoms with Crippen LogP contribution >= 0.6 is 15.9 Å². The van der Waals surface area contributed by atoms with E-state index in [1.807, 2.05) is 25.7 Å². The third-order valence-electron chi connectivity index (χ3n) is 3.33. The van der Waals surface area contributed by atoms with Crippen molar-refractivity contribution >= 4 is 21.8 Å². The van der Waals surface area contributed by atoms with Crippen LogP contribution < -0.4 is 5.32 Å². The molecule has 0 saturated carbocycles. The van der Waals surface area contributed by atoms with E-state index in [0.717, 1.165) is 23.1 Å². The Morgan fingerprint density at radius 2 is 2.05 bits per heavy atom. The summed E-state index contributed by atoms with van der Waals surface area (Å²) in [5.41, 5.74) is 0.988. The van der Waals surface area contributed by atoms with Crippen molar-refractivity contribution in [3.8, 4) is 0 Å². The lowest BCUT2D eigenvalue weighted by molar-refractivity contribution is -0.130. The van der Waals surface area contributed by atoms with Gasteiger partial charge in [0.25, 0.3) is 0 Å². The topological polar surface area (TPSA) is 32.3 Å². The molecule has 0 radical (unpaired) electrons. The van der Waals surface area contributed by atoms with E-state index in [1.165, 1.54) is 12.1 Å². The second-order valence-corrected chi connectivity index (χ2v) is 5.51.